The second-order valence-corrected chi connectivity index (χ2v) is 4.46. The number of anilines is 1. The Morgan fingerprint density at radius 1 is 1.10 bits per heavy atom. The van der Waals surface area contributed by atoms with Gasteiger partial charge in [0, 0.05) is 6.08 Å². The quantitative estimate of drug-likeness (QED) is 0.599. The van der Waals surface area contributed by atoms with E-state index >= 15 is 0 Å². The Hall–Kier alpha value is -2.46. The second kappa shape index (κ2) is 6.12. The molecular formula is C15H12ClNO3. The van der Waals surface area contributed by atoms with Crippen molar-refractivity contribution in [2.24, 2.45) is 0 Å². The first-order valence-electron chi connectivity index (χ1n) is 5.82. The molecule has 0 fully saturated rings. The number of hydrogen-bond acceptors (Lipinski definition) is 3. The van der Waals surface area contributed by atoms with Crippen LogP contribution in [-0.4, -0.2) is 16.1 Å². The largest absolute Gasteiger partial charge is 0.504 e. The number of carbonyl (C=O) groups is 1. The van der Waals surface area contributed by atoms with Gasteiger partial charge in [0.15, 0.2) is 11.5 Å². The summed E-state index contributed by atoms with van der Waals surface area (Å²) in [6.45, 7) is 0. The average molecular weight is 290 g/mol. The first kappa shape index (κ1) is 14.0. The molecule has 4 nitrogen and oxygen atoms in total. The van der Waals surface area contributed by atoms with Crippen LogP contribution in [0, 0.1) is 0 Å². The van der Waals surface area contributed by atoms with Crippen molar-refractivity contribution >= 4 is 29.3 Å². The van der Waals surface area contributed by atoms with E-state index in [1.807, 2.05) is 0 Å². The minimum Gasteiger partial charge on any atom is -0.504 e. The molecule has 0 heterocycles. The molecule has 5 heteroatoms. The third-order valence-corrected chi connectivity index (χ3v) is 2.89. The fourth-order valence-electron chi connectivity index (χ4n) is 1.55. The lowest BCUT2D eigenvalue weighted by Gasteiger charge is -2.03. The van der Waals surface area contributed by atoms with Crippen LogP contribution in [0.25, 0.3) is 6.08 Å². The van der Waals surface area contributed by atoms with E-state index in [-0.39, 0.29) is 17.4 Å². The van der Waals surface area contributed by atoms with Crippen LogP contribution in [0.1, 0.15) is 5.56 Å². The minimum absolute atomic E-state index is 0.206. The van der Waals surface area contributed by atoms with Gasteiger partial charge in [-0.25, -0.2) is 0 Å². The fourth-order valence-corrected chi connectivity index (χ4v) is 1.74. The molecule has 3 N–H and O–H groups in total. The maximum Gasteiger partial charge on any atom is 0.248 e. The van der Waals surface area contributed by atoms with Gasteiger partial charge in [0.25, 0.3) is 0 Å². The molecule has 0 saturated heterocycles. The van der Waals surface area contributed by atoms with Crippen LogP contribution >= 0.6 is 11.6 Å². The van der Waals surface area contributed by atoms with Crippen LogP contribution in [-0.2, 0) is 4.79 Å². The molecule has 0 aliphatic carbocycles. The molecule has 0 aliphatic heterocycles. The van der Waals surface area contributed by atoms with Gasteiger partial charge in [-0.05, 0) is 35.9 Å². The number of aromatic hydroxyl groups is 2. The Morgan fingerprint density at radius 3 is 2.55 bits per heavy atom. The van der Waals surface area contributed by atoms with Gasteiger partial charge in [-0.1, -0.05) is 29.8 Å². The van der Waals surface area contributed by atoms with E-state index in [4.69, 9.17) is 11.6 Å². The van der Waals surface area contributed by atoms with Crippen molar-refractivity contribution in [2.75, 3.05) is 5.32 Å². The lowest BCUT2D eigenvalue weighted by Crippen LogP contribution is -2.07. The summed E-state index contributed by atoms with van der Waals surface area (Å²) in [6.07, 6.45) is 2.83. The van der Waals surface area contributed by atoms with Gasteiger partial charge in [0.05, 0.1) is 10.7 Å². The summed E-state index contributed by atoms with van der Waals surface area (Å²) in [4.78, 5) is 11.7. The zero-order valence-electron chi connectivity index (χ0n) is 10.4. The maximum atomic E-state index is 11.7. The minimum atomic E-state index is -0.342. The first-order valence-corrected chi connectivity index (χ1v) is 6.19. The van der Waals surface area contributed by atoms with Gasteiger partial charge in [-0.2, -0.15) is 0 Å². The molecule has 0 saturated carbocycles. The van der Waals surface area contributed by atoms with E-state index in [0.717, 1.165) is 0 Å². The molecule has 0 bridgehead atoms. The summed E-state index contributed by atoms with van der Waals surface area (Å²) in [5, 5.41) is 21.6. The molecular weight excluding hydrogens is 278 g/mol. The van der Waals surface area contributed by atoms with Crippen molar-refractivity contribution in [1.82, 2.24) is 0 Å². The SMILES string of the molecule is O=C(/C=C/c1ccc(O)c(O)c1)Nc1ccccc1Cl. The number of phenolic OH excluding ortho intramolecular Hbond substituents is 2. The van der Waals surface area contributed by atoms with Crippen LogP contribution in [0.5, 0.6) is 11.5 Å². The molecule has 102 valence electrons. The summed E-state index contributed by atoms with van der Waals surface area (Å²) < 4.78 is 0. The summed E-state index contributed by atoms with van der Waals surface area (Å²) in [5.74, 6) is -0.785. The molecule has 1 amide bonds. The van der Waals surface area contributed by atoms with Crippen molar-refractivity contribution in [2.45, 2.75) is 0 Å². The van der Waals surface area contributed by atoms with E-state index in [2.05, 4.69) is 5.32 Å². The molecule has 0 aromatic heterocycles. The number of carbonyl (C=O) groups excluding carboxylic acids is 1. The molecule has 20 heavy (non-hydrogen) atoms. The Morgan fingerprint density at radius 2 is 1.85 bits per heavy atom. The van der Waals surface area contributed by atoms with Crippen LogP contribution in [0.4, 0.5) is 5.69 Å². The van der Waals surface area contributed by atoms with Gasteiger partial charge in [-0.15, -0.1) is 0 Å². The number of para-hydroxylation sites is 1. The highest BCUT2D eigenvalue weighted by Gasteiger charge is 2.02. The Labute approximate surface area is 120 Å². The number of nitrogens with one attached hydrogen (secondary N) is 1. The zero-order valence-corrected chi connectivity index (χ0v) is 11.1. The van der Waals surface area contributed by atoms with Crippen LogP contribution < -0.4 is 5.32 Å². The lowest BCUT2D eigenvalue weighted by atomic mass is 10.2. The normalized spacial score (nSPS) is 10.7. The summed E-state index contributed by atoms with van der Waals surface area (Å²) in [7, 11) is 0. The first-order chi connectivity index (χ1) is 9.56. The van der Waals surface area contributed by atoms with Crippen LogP contribution in [0.15, 0.2) is 48.5 Å². The molecule has 0 atom stereocenters. The number of benzene rings is 2. The van der Waals surface area contributed by atoms with Crippen molar-refractivity contribution in [3.05, 3.63) is 59.1 Å². The molecule has 0 aliphatic rings. The van der Waals surface area contributed by atoms with Crippen molar-refractivity contribution in [1.29, 1.82) is 0 Å². The molecule has 0 radical (unpaired) electrons. The van der Waals surface area contributed by atoms with E-state index < -0.39 is 0 Å². The standard InChI is InChI=1S/C15H12ClNO3/c16-11-3-1-2-4-12(11)17-15(20)8-6-10-5-7-13(18)14(19)9-10/h1-9,18-19H,(H,17,20)/b8-6+. The van der Waals surface area contributed by atoms with Crippen molar-refractivity contribution < 1.29 is 15.0 Å². The molecule has 2 aromatic rings. The molecule has 2 rings (SSSR count). The van der Waals surface area contributed by atoms with E-state index in [0.29, 0.717) is 16.3 Å². The highest BCUT2D eigenvalue weighted by molar-refractivity contribution is 6.33. The predicted octanol–water partition coefficient (Wildman–Crippen LogP) is 3.40. The summed E-state index contributed by atoms with van der Waals surface area (Å²) in [6, 6.07) is 11.2. The Balaban J connectivity index is 2.06. The zero-order chi connectivity index (χ0) is 14.5. The molecule has 0 unspecified atom stereocenters. The summed E-state index contributed by atoms with van der Waals surface area (Å²) in [5.41, 5.74) is 1.12. The van der Waals surface area contributed by atoms with E-state index in [9.17, 15) is 15.0 Å². The highest BCUT2D eigenvalue weighted by atomic mass is 35.5. The third-order valence-electron chi connectivity index (χ3n) is 2.56. The van der Waals surface area contributed by atoms with Crippen molar-refractivity contribution in [3.8, 4) is 11.5 Å². The highest BCUT2D eigenvalue weighted by Crippen LogP contribution is 2.25. The van der Waals surface area contributed by atoms with Crippen LogP contribution in [0.3, 0.4) is 0 Å². The van der Waals surface area contributed by atoms with E-state index in [1.165, 1.54) is 24.3 Å². The monoisotopic (exact) mass is 289 g/mol. The fraction of sp³-hybridized carbons (Fsp3) is 0. The van der Waals surface area contributed by atoms with Crippen LogP contribution in [0.2, 0.25) is 5.02 Å². The number of rotatable bonds is 3. The summed E-state index contributed by atoms with van der Waals surface area (Å²) >= 11 is 5.92. The van der Waals surface area contributed by atoms with Gasteiger partial charge in [0.1, 0.15) is 0 Å². The number of phenols is 2. The number of halogens is 1. The molecule has 0 spiro atoms. The van der Waals surface area contributed by atoms with Gasteiger partial charge in [0.2, 0.25) is 5.91 Å². The van der Waals surface area contributed by atoms with Gasteiger partial charge in [-0.3, -0.25) is 4.79 Å². The van der Waals surface area contributed by atoms with E-state index in [1.54, 1.807) is 30.3 Å². The topological polar surface area (TPSA) is 69.6 Å². The molecule has 2 aromatic carbocycles. The second-order valence-electron chi connectivity index (χ2n) is 4.05. The third kappa shape index (κ3) is 3.52. The van der Waals surface area contributed by atoms with Gasteiger partial charge < -0.3 is 15.5 Å². The predicted molar refractivity (Wildman–Crippen MR) is 78.9 cm³/mol. The lowest BCUT2D eigenvalue weighted by molar-refractivity contribution is -0.111. The van der Waals surface area contributed by atoms with Gasteiger partial charge >= 0.3 is 0 Å². The Kier molecular flexibility index (Phi) is 4.27. The smallest absolute Gasteiger partial charge is 0.248 e. The van der Waals surface area contributed by atoms with Crippen molar-refractivity contribution in [3.63, 3.8) is 0 Å². The number of hydrogen-bond donors (Lipinski definition) is 3. The Bertz CT molecular complexity index is 668. The maximum absolute atomic E-state index is 11.7. The number of amides is 1. The average Bonchev–Trinajstić information content (AvgIpc) is 2.43.